The molecule has 3 aliphatic rings. The Bertz CT molecular complexity index is 216. The second kappa shape index (κ2) is 2.49. The normalized spacial score (nSPS) is 39.3. The number of hydrogen-bond donors (Lipinski definition) is 1. The zero-order valence-electron chi connectivity index (χ0n) is 7.42. The van der Waals surface area contributed by atoms with Crippen LogP contribution < -0.4 is 5.43 Å². The summed E-state index contributed by atoms with van der Waals surface area (Å²) in [7, 11) is 0. The molecule has 1 saturated heterocycles. The molecule has 2 fully saturated rings. The summed E-state index contributed by atoms with van der Waals surface area (Å²) in [6.45, 7) is 2.41. The van der Waals surface area contributed by atoms with Gasteiger partial charge in [-0.25, -0.2) is 5.43 Å². The summed E-state index contributed by atoms with van der Waals surface area (Å²) < 4.78 is 0. The van der Waals surface area contributed by atoms with Crippen LogP contribution in [0.1, 0.15) is 25.7 Å². The van der Waals surface area contributed by atoms with E-state index in [1.165, 1.54) is 38.8 Å². The molecule has 0 aromatic rings. The van der Waals surface area contributed by atoms with Crippen LogP contribution in [0.3, 0.4) is 0 Å². The van der Waals surface area contributed by atoms with Crippen LogP contribution in [0.25, 0.3) is 0 Å². The van der Waals surface area contributed by atoms with Gasteiger partial charge in [-0.2, -0.15) is 0 Å². The van der Waals surface area contributed by atoms with Gasteiger partial charge in [0.15, 0.2) is 0 Å². The molecule has 0 aromatic heterocycles. The van der Waals surface area contributed by atoms with E-state index in [1.54, 1.807) is 5.70 Å². The number of hydrogen-bond acceptors (Lipinski definition) is 2. The van der Waals surface area contributed by atoms with Crippen molar-refractivity contribution in [1.82, 2.24) is 10.4 Å². The minimum absolute atomic E-state index is 0.903. The summed E-state index contributed by atoms with van der Waals surface area (Å²) in [5.74, 6) is 1.83. The lowest BCUT2D eigenvalue weighted by atomic mass is 10.0. The third-order valence-electron chi connectivity index (χ3n) is 3.47. The average molecular weight is 164 g/mol. The maximum atomic E-state index is 3.45. The van der Waals surface area contributed by atoms with E-state index in [0.717, 1.165) is 11.8 Å². The first-order valence-electron chi connectivity index (χ1n) is 5.16. The lowest BCUT2D eigenvalue weighted by Gasteiger charge is -2.25. The molecule has 2 nitrogen and oxygen atoms in total. The van der Waals surface area contributed by atoms with E-state index < -0.39 is 0 Å². The number of fused-ring (bicyclic) bond motifs is 2. The van der Waals surface area contributed by atoms with Crippen LogP contribution in [0.2, 0.25) is 0 Å². The molecule has 1 heterocycles. The minimum Gasteiger partial charge on any atom is -0.313 e. The van der Waals surface area contributed by atoms with Crippen LogP contribution in [0, 0.1) is 11.8 Å². The molecule has 12 heavy (non-hydrogen) atoms. The van der Waals surface area contributed by atoms with E-state index in [0.29, 0.717) is 0 Å². The Morgan fingerprint density at radius 1 is 1.42 bits per heavy atom. The summed E-state index contributed by atoms with van der Waals surface area (Å²) >= 11 is 0. The van der Waals surface area contributed by atoms with Crippen molar-refractivity contribution < 1.29 is 0 Å². The van der Waals surface area contributed by atoms with Crippen LogP contribution in [-0.2, 0) is 0 Å². The molecule has 0 aromatic carbocycles. The van der Waals surface area contributed by atoms with Crippen molar-refractivity contribution in [1.29, 1.82) is 0 Å². The SMILES string of the molecule is C1=C(N2CCCN2)C2CCC1C2. The Labute approximate surface area is 73.6 Å². The van der Waals surface area contributed by atoms with Crippen LogP contribution in [0.15, 0.2) is 11.8 Å². The Morgan fingerprint density at radius 2 is 2.42 bits per heavy atom. The van der Waals surface area contributed by atoms with Gasteiger partial charge >= 0.3 is 0 Å². The van der Waals surface area contributed by atoms with Gasteiger partial charge in [0.2, 0.25) is 0 Å². The minimum atomic E-state index is 0.903. The maximum absolute atomic E-state index is 3.45. The first kappa shape index (κ1) is 6.96. The van der Waals surface area contributed by atoms with E-state index in [1.807, 2.05) is 0 Å². The van der Waals surface area contributed by atoms with Crippen LogP contribution in [-0.4, -0.2) is 18.1 Å². The highest BCUT2D eigenvalue weighted by atomic mass is 15.5. The predicted octanol–water partition coefficient (Wildman–Crippen LogP) is 1.51. The standard InChI is InChI=1S/C10H16N2/c1-4-11-12(5-1)10-7-8-2-3-9(10)6-8/h7-9,11H,1-6H2. The largest absolute Gasteiger partial charge is 0.313 e. The number of nitrogens with one attached hydrogen (secondary N) is 1. The zero-order valence-corrected chi connectivity index (χ0v) is 7.42. The van der Waals surface area contributed by atoms with Crippen molar-refractivity contribution in [3.8, 4) is 0 Å². The molecule has 1 N–H and O–H groups in total. The first-order chi connectivity index (χ1) is 5.93. The highest BCUT2D eigenvalue weighted by molar-refractivity contribution is 5.18. The van der Waals surface area contributed by atoms with Crippen LogP contribution in [0.4, 0.5) is 0 Å². The van der Waals surface area contributed by atoms with Crippen molar-refractivity contribution in [2.24, 2.45) is 11.8 Å². The summed E-state index contributed by atoms with van der Waals surface area (Å²) in [5, 5.41) is 2.39. The van der Waals surface area contributed by atoms with Crippen molar-refractivity contribution in [3.05, 3.63) is 11.8 Å². The van der Waals surface area contributed by atoms with E-state index in [-0.39, 0.29) is 0 Å². The molecule has 2 atom stereocenters. The zero-order chi connectivity index (χ0) is 7.97. The molecule has 66 valence electrons. The second-order valence-corrected chi connectivity index (χ2v) is 4.27. The van der Waals surface area contributed by atoms with E-state index in [2.05, 4.69) is 16.5 Å². The smallest absolute Gasteiger partial charge is 0.0353 e. The molecule has 2 aliphatic carbocycles. The van der Waals surface area contributed by atoms with E-state index in [9.17, 15) is 0 Å². The monoisotopic (exact) mass is 164 g/mol. The number of allylic oxidation sites excluding steroid dienone is 2. The van der Waals surface area contributed by atoms with Gasteiger partial charge in [-0.3, -0.25) is 0 Å². The molecule has 2 bridgehead atoms. The molecule has 3 rings (SSSR count). The fourth-order valence-corrected chi connectivity index (χ4v) is 2.87. The van der Waals surface area contributed by atoms with Gasteiger partial charge in [-0.05, 0) is 31.6 Å². The second-order valence-electron chi connectivity index (χ2n) is 4.27. The average Bonchev–Trinajstić information content (AvgIpc) is 2.81. The summed E-state index contributed by atoms with van der Waals surface area (Å²) in [6, 6.07) is 0. The fourth-order valence-electron chi connectivity index (χ4n) is 2.87. The summed E-state index contributed by atoms with van der Waals surface area (Å²) in [4.78, 5) is 0. The highest BCUT2D eigenvalue weighted by Crippen LogP contribution is 2.44. The molecule has 1 aliphatic heterocycles. The van der Waals surface area contributed by atoms with Crippen LogP contribution in [0.5, 0.6) is 0 Å². The van der Waals surface area contributed by atoms with E-state index >= 15 is 0 Å². The van der Waals surface area contributed by atoms with Crippen molar-refractivity contribution in [2.75, 3.05) is 13.1 Å². The quantitative estimate of drug-likeness (QED) is 0.632. The third-order valence-corrected chi connectivity index (χ3v) is 3.47. The Morgan fingerprint density at radius 3 is 3.00 bits per heavy atom. The van der Waals surface area contributed by atoms with Gasteiger partial charge in [0, 0.05) is 24.7 Å². The molecule has 2 heteroatoms. The molecule has 0 radical (unpaired) electrons. The van der Waals surface area contributed by atoms with Gasteiger partial charge in [-0.1, -0.05) is 6.08 Å². The summed E-state index contributed by atoms with van der Waals surface area (Å²) in [5.41, 5.74) is 5.06. The number of nitrogens with zero attached hydrogens (tertiary/aromatic N) is 1. The Kier molecular flexibility index (Phi) is 1.44. The predicted molar refractivity (Wildman–Crippen MR) is 48.2 cm³/mol. The molecule has 0 amide bonds. The summed E-state index contributed by atoms with van der Waals surface area (Å²) in [6.07, 6.45) is 8.14. The first-order valence-corrected chi connectivity index (χ1v) is 5.16. The topological polar surface area (TPSA) is 15.3 Å². The van der Waals surface area contributed by atoms with Crippen molar-refractivity contribution in [2.45, 2.75) is 25.7 Å². The van der Waals surface area contributed by atoms with Gasteiger partial charge in [-0.15, -0.1) is 0 Å². The molecule has 0 spiro atoms. The molecule has 2 unspecified atom stereocenters. The van der Waals surface area contributed by atoms with Crippen molar-refractivity contribution in [3.63, 3.8) is 0 Å². The third kappa shape index (κ3) is 0.908. The highest BCUT2D eigenvalue weighted by Gasteiger charge is 2.35. The van der Waals surface area contributed by atoms with Crippen molar-refractivity contribution >= 4 is 0 Å². The molecule has 1 saturated carbocycles. The van der Waals surface area contributed by atoms with Gasteiger partial charge in [0.05, 0.1) is 0 Å². The Hall–Kier alpha value is -0.500. The van der Waals surface area contributed by atoms with E-state index in [4.69, 9.17) is 0 Å². The fraction of sp³-hybridized carbons (Fsp3) is 0.800. The lowest BCUT2D eigenvalue weighted by Crippen LogP contribution is -2.32. The molecular weight excluding hydrogens is 148 g/mol. The van der Waals surface area contributed by atoms with Gasteiger partial charge in [0.1, 0.15) is 0 Å². The van der Waals surface area contributed by atoms with Gasteiger partial charge < -0.3 is 5.01 Å². The molecular formula is C10H16N2. The maximum Gasteiger partial charge on any atom is 0.0353 e. The van der Waals surface area contributed by atoms with Gasteiger partial charge in [0.25, 0.3) is 0 Å². The van der Waals surface area contributed by atoms with Crippen LogP contribution >= 0.6 is 0 Å². The Balaban J connectivity index is 1.80. The lowest BCUT2D eigenvalue weighted by molar-refractivity contribution is 0.288. The number of hydrazine groups is 1. The number of rotatable bonds is 1.